The first-order valence-corrected chi connectivity index (χ1v) is 8.88. The van der Waals surface area contributed by atoms with Gasteiger partial charge in [-0.25, -0.2) is 0 Å². The highest BCUT2D eigenvalue weighted by molar-refractivity contribution is 5.80. The summed E-state index contributed by atoms with van der Waals surface area (Å²) in [6.07, 6.45) is 3.95. The summed E-state index contributed by atoms with van der Waals surface area (Å²) < 4.78 is 7.73. The van der Waals surface area contributed by atoms with E-state index in [0.717, 1.165) is 44.2 Å². The van der Waals surface area contributed by atoms with E-state index >= 15 is 0 Å². The number of aryl methyl sites for hydroxylation is 1. The molecule has 1 saturated heterocycles. The molecule has 0 aromatic carbocycles. The van der Waals surface area contributed by atoms with Crippen LogP contribution < -0.4 is 5.32 Å². The fourth-order valence-electron chi connectivity index (χ4n) is 3.20. The Morgan fingerprint density at radius 3 is 2.83 bits per heavy atom. The van der Waals surface area contributed by atoms with Crippen molar-refractivity contribution in [1.29, 1.82) is 0 Å². The summed E-state index contributed by atoms with van der Waals surface area (Å²) in [6.45, 7) is 12.0. The summed E-state index contributed by atoms with van der Waals surface area (Å²) in [5.74, 6) is 0.950. The highest BCUT2D eigenvalue weighted by Gasteiger charge is 2.25. The largest absolute Gasteiger partial charge is 0.370 e. The van der Waals surface area contributed by atoms with Crippen LogP contribution in [0.1, 0.15) is 32.4 Å². The molecule has 1 aliphatic heterocycles. The minimum absolute atomic E-state index is 0.0474. The Hall–Kier alpha value is -1.60. The van der Waals surface area contributed by atoms with E-state index in [9.17, 15) is 0 Å². The average molecular weight is 336 g/mol. The van der Waals surface area contributed by atoms with Gasteiger partial charge in [0, 0.05) is 45.0 Å². The van der Waals surface area contributed by atoms with E-state index in [-0.39, 0.29) is 6.10 Å². The first-order valence-electron chi connectivity index (χ1n) is 8.88. The Balaban J connectivity index is 1.92. The second kappa shape index (κ2) is 9.03. The van der Waals surface area contributed by atoms with Gasteiger partial charge in [0.15, 0.2) is 5.96 Å². The molecule has 0 radical (unpaired) electrons. The monoisotopic (exact) mass is 336 g/mol. The molecule has 7 heteroatoms. The van der Waals surface area contributed by atoms with Crippen molar-refractivity contribution in [3.8, 4) is 0 Å². The van der Waals surface area contributed by atoms with Crippen LogP contribution in [0.2, 0.25) is 0 Å². The maximum absolute atomic E-state index is 5.91. The Morgan fingerprint density at radius 1 is 1.50 bits per heavy atom. The molecule has 2 heterocycles. The van der Waals surface area contributed by atoms with Gasteiger partial charge in [0.2, 0.25) is 0 Å². The third-order valence-electron chi connectivity index (χ3n) is 4.67. The summed E-state index contributed by atoms with van der Waals surface area (Å²) in [7, 11) is 3.78. The molecule has 1 aromatic heterocycles. The second-order valence-electron chi connectivity index (χ2n) is 6.25. The van der Waals surface area contributed by atoms with Crippen molar-refractivity contribution in [3.05, 3.63) is 18.0 Å². The van der Waals surface area contributed by atoms with Crippen LogP contribution in [0.3, 0.4) is 0 Å². The van der Waals surface area contributed by atoms with Crippen molar-refractivity contribution >= 4 is 5.96 Å². The maximum Gasteiger partial charge on any atom is 0.193 e. The number of guanidine groups is 1. The van der Waals surface area contributed by atoms with E-state index in [4.69, 9.17) is 4.74 Å². The van der Waals surface area contributed by atoms with Crippen LogP contribution in [0, 0.1) is 0 Å². The summed E-state index contributed by atoms with van der Waals surface area (Å²) in [4.78, 5) is 9.18. The molecular formula is C17H32N6O. The molecule has 2 rings (SSSR count). The molecule has 136 valence electrons. The average Bonchev–Trinajstić information content (AvgIpc) is 3.03. The Bertz CT molecular complexity index is 525. The van der Waals surface area contributed by atoms with Gasteiger partial charge in [0.05, 0.1) is 19.3 Å². The van der Waals surface area contributed by atoms with Gasteiger partial charge in [-0.1, -0.05) is 13.8 Å². The zero-order valence-corrected chi connectivity index (χ0v) is 15.7. The number of likely N-dealkylation sites (N-methyl/N-ethyl adjacent to an activating group) is 1. The van der Waals surface area contributed by atoms with E-state index in [2.05, 4.69) is 46.0 Å². The van der Waals surface area contributed by atoms with Crippen molar-refractivity contribution in [1.82, 2.24) is 24.9 Å². The Labute approximate surface area is 145 Å². The molecule has 2 unspecified atom stereocenters. The number of hydrogen-bond acceptors (Lipinski definition) is 4. The van der Waals surface area contributed by atoms with Crippen molar-refractivity contribution in [2.75, 3.05) is 46.4 Å². The van der Waals surface area contributed by atoms with E-state index in [1.165, 1.54) is 0 Å². The van der Waals surface area contributed by atoms with E-state index in [1.807, 2.05) is 31.2 Å². The molecule has 0 aliphatic carbocycles. The van der Waals surface area contributed by atoms with Crippen molar-refractivity contribution in [2.24, 2.45) is 12.0 Å². The first kappa shape index (κ1) is 18.7. The zero-order valence-electron chi connectivity index (χ0n) is 15.7. The molecule has 0 bridgehead atoms. The molecule has 7 nitrogen and oxygen atoms in total. The number of nitrogens with one attached hydrogen (secondary N) is 1. The van der Waals surface area contributed by atoms with Gasteiger partial charge >= 0.3 is 0 Å². The van der Waals surface area contributed by atoms with Gasteiger partial charge in [0.25, 0.3) is 0 Å². The summed E-state index contributed by atoms with van der Waals surface area (Å²) in [6, 6.07) is 0.479. The van der Waals surface area contributed by atoms with Crippen LogP contribution in [-0.4, -0.2) is 78.0 Å². The normalized spacial score (nSPS) is 20.5. The molecule has 1 aliphatic rings. The summed E-state index contributed by atoms with van der Waals surface area (Å²) >= 11 is 0. The van der Waals surface area contributed by atoms with Crippen LogP contribution in [0.25, 0.3) is 0 Å². The number of rotatable bonds is 6. The minimum Gasteiger partial charge on any atom is -0.370 e. The van der Waals surface area contributed by atoms with Gasteiger partial charge in [-0.15, -0.1) is 0 Å². The van der Waals surface area contributed by atoms with Gasteiger partial charge in [-0.05, 0) is 20.0 Å². The number of morpholine rings is 1. The zero-order chi connectivity index (χ0) is 17.5. The van der Waals surface area contributed by atoms with Crippen molar-refractivity contribution < 1.29 is 4.74 Å². The second-order valence-corrected chi connectivity index (χ2v) is 6.25. The number of hydrogen-bond donors (Lipinski definition) is 1. The molecule has 0 saturated carbocycles. The lowest BCUT2D eigenvalue weighted by Gasteiger charge is -2.35. The third-order valence-corrected chi connectivity index (χ3v) is 4.67. The van der Waals surface area contributed by atoms with Crippen LogP contribution in [-0.2, 0) is 11.8 Å². The van der Waals surface area contributed by atoms with Crippen LogP contribution >= 0.6 is 0 Å². The number of aromatic nitrogens is 2. The SMILES string of the molecule is CCN(CC)C(C)CNC(=NC)N1CCOC(c2cnn(C)c2)C1. The van der Waals surface area contributed by atoms with Crippen LogP contribution in [0.5, 0.6) is 0 Å². The fourth-order valence-corrected chi connectivity index (χ4v) is 3.20. The fraction of sp³-hybridized carbons (Fsp3) is 0.765. The van der Waals surface area contributed by atoms with E-state index in [1.54, 1.807) is 0 Å². The summed E-state index contributed by atoms with van der Waals surface area (Å²) in [5.41, 5.74) is 1.12. The quantitative estimate of drug-likeness (QED) is 0.623. The molecule has 1 fully saturated rings. The molecule has 0 amide bonds. The van der Waals surface area contributed by atoms with Crippen molar-refractivity contribution in [2.45, 2.75) is 32.9 Å². The van der Waals surface area contributed by atoms with Gasteiger partial charge < -0.3 is 15.0 Å². The lowest BCUT2D eigenvalue weighted by Crippen LogP contribution is -2.51. The topological polar surface area (TPSA) is 57.9 Å². The minimum atomic E-state index is 0.0474. The number of nitrogens with zero attached hydrogens (tertiary/aromatic N) is 5. The lowest BCUT2D eigenvalue weighted by molar-refractivity contribution is -0.00811. The molecule has 1 N–H and O–H groups in total. The predicted molar refractivity (Wildman–Crippen MR) is 97.2 cm³/mol. The lowest BCUT2D eigenvalue weighted by atomic mass is 10.1. The molecule has 0 spiro atoms. The molecule has 2 atom stereocenters. The first-order chi connectivity index (χ1) is 11.6. The molecule has 24 heavy (non-hydrogen) atoms. The van der Waals surface area contributed by atoms with Gasteiger partial charge in [0.1, 0.15) is 6.10 Å². The molecule has 1 aromatic rings. The Kier molecular flexibility index (Phi) is 7.05. The van der Waals surface area contributed by atoms with E-state index in [0.29, 0.717) is 12.6 Å². The van der Waals surface area contributed by atoms with Crippen molar-refractivity contribution in [3.63, 3.8) is 0 Å². The Morgan fingerprint density at radius 2 is 2.25 bits per heavy atom. The standard InChI is InChI=1S/C17H32N6O/c1-6-22(7-2)14(3)10-19-17(18-4)23-8-9-24-16(13-23)15-11-20-21(5)12-15/h11-12,14,16H,6-10,13H2,1-5H3,(H,18,19). The highest BCUT2D eigenvalue weighted by atomic mass is 16.5. The van der Waals surface area contributed by atoms with Gasteiger partial charge in [-0.2, -0.15) is 5.10 Å². The van der Waals surface area contributed by atoms with E-state index < -0.39 is 0 Å². The van der Waals surface area contributed by atoms with Crippen LogP contribution in [0.4, 0.5) is 0 Å². The van der Waals surface area contributed by atoms with Gasteiger partial charge in [-0.3, -0.25) is 14.6 Å². The maximum atomic E-state index is 5.91. The predicted octanol–water partition coefficient (Wildman–Crippen LogP) is 1.10. The number of ether oxygens (including phenoxy) is 1. The highest BCUT2D eigenvalue weighted by Crippen LogP contribution is 2.21. The third kappa shape index (κ3) is 4.70. The number of aliphatic imine (C=N–C) groups is 1. The van der Waals surface area contributed by atoms with Crippen LogP contribution in [0.15, 0.2) is 17.4 Å². The smallest absolute Gasteiger partial charge is 0.193 e. The molecular weight excluding hydrogens is 304 g/mol. The summed E-state index contributed by atoms with van der Waals surface area (Å²) in [5, 5.41) is 7.77.